The minimum absolute atomic E-state index is 0.500. The molecule has 0 fully saturated rings. The van der Waals surface area contributed by atoms with Crippen LogP contribution in [0.25, 0.3) is 33.4 Å². The third kappa shape index (κ3) is 11.2. The van der Waals surface area contributed by atoms with Crippen molar-refractivity contribution in [2.24, 2.45) is 5.92 Å². The fraction of sp³-hybridized carbons (Fsp3) is 0.314. The molecule has 39 heavy (non-hydrogen) atoms. The third-order valence-electron chi connectivity index (χ3n) is 5.36. The molecule has 0 spiro atoms. The van der Waals surface area contributed by atoms with E-state index in [0.29, 0.717) is 7.18 Å². The molecule has 0 amide bonds. The van der Waals surface area contributed by atoms with Crippen molar-refractivity contribution in [3.05, 3.63) is 110 Å². The molecule has 5 rings (SSSR count). The first-order valence-electron chi connectivity index (χ1n) is 13.9. The number of aromatic nitrogens is 3. The average Bonchev–Trinajstić information content (AvgIpc) is 3.50. The van der Waals surface area contributed by atoms with E-state index in [4.69, 9.17) is 0 Å². The number of halogens is 1. The zero-order valence-corrected chi connectivity index (χ0v) is 24.9. The van der Waals surface area contributed by atoms with E-state index in [1.54, 1.807) is 6.20 Å². The van der Waals surface area contributed by atoms with Gasteiger partial charge in [0, 0.05) is 29.9 Å². The fourth-order valence-corrected chi connectivity index (χ4v) is 3.59. The monoisotopic (exact) mass is 527 g/mol. The van der Waals surface area contributed by atoms with Crippen LogP contribution in [0.5, 0.6) is 0 Å². The van der Waals surface area contributed by atoms with Crippen molar-refractivity contribution >= 4 is 22.0 Å². The molecule has 1 aliphatic carbocycles. The summed E-state index contributed by atoms with van der Waals surface area (Å²) < 4.78 is 11.7. The summed E-state index contributed by atoms with van der Waals surface area (Å²) in [7, 11) is 0.500. The van der Waals surface area contributed by atoms with Gasteiger partial charge in [-0.05, 0) is 65.8 Å². The van der Waals surface area contributed by atoms with Gasteiger partial charge in [0.05, 0.1) is 12.9 Å². The predicted octanol–water partition coefficient (Wildman–Crippen LogP) is 10.7. The second-order valence-electron chi connectivity index (χ2n) is 9.20. The van der Waals surface area contributed by atoms with E-state index in [-0.39, 0.29) is 0 Å². The maximum Gasteiger partial charge on any atom is 0.144 e. The van der Waals surface area contributed by atoms with Crippen LogP contribution in [0, 0.1) is 5.92 Å². The molecular weight excluding hydrogens is 481 g/mol. The van der Waals surface area contributed by atoms with E-state index >= 15 is 0 Å². The number of pyridine rings is 1. The molecule has 1 aliphatic rings. The molecule has 0 atom stereocenters. The Morgan fingerprint density at radius 2 is 1.56 bits per heavy atom. The summed E-state index contributed by atoms with van der Waals surface area (Å²) in [5.41, 5.74) is 4.46. The molecule has 0 aliphatic heterocycles. The van der Waals surface area contributed by atoms with E-state index in [1.807, 2.05) is 44.4 Å². The molecule has 2 aromatic heterocycles. The van der Waals surface area contributed by atoms with Crippen molar-refractivity contribution in [2.45, 2.75) is 60.8 Å². The van der Waals surface area contributed by atoms with E-state index in [0.717, 1.165) is 47.8 Å². The topological polar surface area (TPSA) is 30.7 Å². The molecule has 0 saturated carbocycles. The number of alkyl halides is 1. The van der Waals surface area contributed by atoms with Crippen molar-refractivity contribution in [3.8, 4) is 11.4 Å². The number of benzene rings is 2. The Balaban J connectivity index is 0.000000354. The minimum Gasteiger partial charge on any atom is -0.300 e. The first kappa shape index (κ1) is 33.2. The zero-order chi connectivity index (χ0) is 29.0. The van der Waals surface area contributed by atoms with Gasteiger partial charge in [-0.2, -0.15) is 0 Å². The molecule has 208 valence electrons. The number of hydrogen-bond donors (Lipinski definition) is 0. The minimum atomic E-state index is 0.500. The van der Waals surface area contributed by atoms with Crippen LogP contribution in [-0.2, 0) is 0 Å². The second kappa shape index (κ2) is 19.3. The third-order valence-corrected chi connectivity index (χ3v) is 5.36. The van der Waals surface area contributed by atoms with Crippen LogP contribution in [0.2, 0.25) is 0 Å². The molecular formula is C35H46FN3. The maximum atomic E-state index is 9.50. The quantitative estimate of drug-likeness (QED) is 0.264. The molecule has 4 aromatic rings. The second-order valence-corrected chi connectivity index (χ2v) is 9.20. The van der Waals surface area contributed by atoms with Crippen LogP contribution in [-0.4, -0.2) is 21.7 Å². The number of nitrogens with zero attached hydrogens (tertiary/aromatic N) is 3. The molecule has 2 heterocycles. The lowest BCUT2D eigenvalue weighted by Gasteiger charge is -2.12. The standard InChI is InChI=1S/C19H16N2.C9H11N.C4H10.C2H6.CH3F/c1-2-8-18(9-3-1)21-13-12-20-19(21)17-11-10-15-6-4-5-7-16(15)14-17;1-3-8(2)9-6-4-5-7-10-9;1-4(2)3;2*1-2/h2,4-14H,1,3H2;4-7H,2-3H2,1H3;4H,1-3H3;1-2H3;1H3. The summed E-state index contributed by atoms with van der Waals surface area (Å²) in [6.45, 7) is 16.5. The zero-order valence-electron chi connectivity index (χ0n) is 24.9. The molecule has 2 aromatic carbocycles. The number of rotatable bonds is 4. The Morgan fingerprint density at radius 3 is 2.15 bits per heavy atom. The van der Waals surface area contributed by atoms with Gasteiger partial charge in [0.1, 0.15) is 5.82 Å². The molecule has 0 radical (unpaired) electrons. The molecule has 0 unspecified atom stereocenters. The van der Waals surface area contributed by atoms with Gasteiger partial charge in [-0.25, -0.2) is 4.98 Å². The van der Waals surface area contributed by atoms with E-state index in [1.165, 1.54) is 16.5 Å². The summed E-state index contributed by atoms with van der Waals surface area (Å²) in [4.78, 5) is 8.71. The first-order valence-corrected chi connectivity index (χ1v) is 13.9. The van der Waals surface area contributed by atoms with Crippen molar-refractivity contribution in [1.82, 2.24) is 14.5 Å². The lowest BCUT2D eigenvalue weighted by Crippen LogP contribution is -1.98. The Labute approximate surface area is 235 Å². The van der Waals surface area contributed by atoms with Crippen molar-refractivity contribution in [3.63, 3.8) is 0 Å². The van der Waals surface area contributed by atoms with Gasteiger partial charge in [0.25, 0.3) is 0 Å². The normalized spacial score (nSPS) is 11.4. The molecule has 3 nitrogen and oxygen atoms in total. The highest BCUT2D eigenvalue weighted by atomic mass is 19.1. The Bertz CT molecular complexity index is 1280. The number of hydrogen-bond acceptors (Lipinski definition) is 2. The van der Waals surface area contributed by atoms with E-state index < -0.39 is 0 Å². The Hall–Kier alpha value is -3.79. The Kier molecular flexibility index (Phi) is 16.5. The smallest absolute Gasteiger partial charge is 0.144 e. The first-order chi connectivity index (χ1) is 19.0. The van der Waals surface area contributed by atoms with Gasteiger partial charge in [-0.1, -0.05) is 103 Å². The van der Waals surface area contributed by atoms with Crippen LogP contribution in [0.3, 0.4) is 0 Å². The molecule has 0 N–H and O–H groups in total. The molecule has 0 bridgehead atoms. The van der Waals surface area contributed by atoms with Crippen LogP contribution in [0.4, 0.5) is 4.39 Å². The largest absolute Gasteiger partial charge is 0.300 e. The lowest BCUT2D eigenvalue weighted by atomic mass is 10.1. The van der Waals surface area contributed by atoms with Gasteiger partial charge in [0.2, 0.25) is 0 Å². The highest BCUT2D eigenvalue weighted by molar-refractivity contribution is 5.86. The summed E-state index contributed by atoms with van der Waals surface area (Å²) in [5, 5.41) is 2.51. The van der Waals surface area contributed by atoms with Crippen LogP contribution < -0.4 is 0 Å². The summed E-state index contributed by atoms with van der Waals surface area (Å²) in [6.07, 6.45) is 15.6. The SMILES string of the molecule is C1=CC(n2ccnc2-c2ccc3ccccc3c2)=CCC1.C=C(CC)c1ccccn1.CC.CC(C)C.CF. The van der Waals surface area contributed by atoms with Gasteiger partial charge in [-0.3, -0.25) is 9.37 Å². The number of fused-ring (bicyclic) bond motifs is 1. The van der Waals surface area contributed by atoms with E-state index in [9.17, 15) is 4.39 Å². The predicted molar refractivity (Wildman–Crippen MR) is 170 cm³/mol. The highest BCUT2D eigenvalue weighted by Crippen LogP contribution is 2.26. The summed E-state index contributed by atoms with van der Waals surface area (Å²) in [5.74, 6) is 1.83. The molecule has 4 heteroatoms. The summed E-state index contributed by atoms with van der Waals surface area (Å²) in [6, 6.07) is 20.8. The number of allylic oxidation sites excluding steroid dienone is 5. The molecule has 0 saturated heterocycles. The Morgan fingerprint density at radius 1 is 0.897 bits per heavy atom. The van der Waals surface area contributed by atoms with Gasteiger partial charge in [0.15, 0.2) is 0 Å². The van der Waals surface area contributed by atoms with Gasteiger partial charge >= 0.3 is 0 Å². The fourth-order valence-electron chi connectivity index (χ4n) is 3.59. The van der Waals surface area contributed by atoms with Crippen molar-refractivity contribution < 1.29 is 4.39 Å². The average molecular weight is 528 g/mol. The van der Waals surface area contributed by atoms with Crippen molar-refractivity contribution in [2.75, 3.05) is 7.18 Å². The highest BCUT2D eigenvalue weighted by Gasteiger charge is 2.09. The van der Waals surface area contributed by atoms with Gasteiger partial charge in [-0.15, -0.1) is 0 Å². The number of imidazole rings is 1. The van der Waals surface area contributed by atoms with E-state index in [2.05, 4.69) is 110 Å². The van der Waals surface area contributed by atoms with Crippen molar-refractivity contribution in [1.29, 1.82) is 0 Å². The van der Waals surface area contributed by atoms with Gasteiger partial charge < -0.3 is 4.57 Å². The van der Waals surface area contributed by atoms with Crippen LogP contribution in [0.15, 0.2) is 104 Å². The summed E-state index contributed by atoms with van der Waals surface area (Å²) >= 11 is 0. The van der Waals surface area contributed by atoms with Crippen LogP contribution in [0.1, 0.15) is 66.5 Å². The lowest BCUT2D eigenvalue weighted by molar-refractivity contribution is 0.636. The van der Waals surface area contributed by atoms with Crippen LogP contribution >= 0.6 is 0 Å². The maximum absolute atomic E-state index is 9.50.